The topological polar surface area (TPSA) is 33.6 Å². The van der Waals surface area contributed by atoms with Crippen molar-refractivity contribution in [1.82, 2.24) is 5.32 Å². The largest absolute Gasteiger partial charge is 0.477 e. The van der Waals surface area contributed by atoms with E-state index in [0.29, 0.717) is 13.2 Å². The average molecular weight is 302 g/mol. The van der Waals surface area contributed by atoms with Gasteiger partial charge in [-0.1, -0.05) is 66.7 Å². The van der Waals surface area contributed by atoms with Gasteiger partial charge >= 0.3 is 0 Å². The van der Waals surface area contributed by atoms with Crippen LogP contribution in [0.2, 0.25) is 0 Å². The summed E-state index contributed by atoms with van der Waals surface area (Å²) in [6.45, 7) is 1.35. The van der Waals surface area contributed by atoms with E-state index in [4.69, 9.17) is 4.74 Å². The number of hydrogen-bond acceptors (Lipinski definition) is 3. The first-order chi connectivity index (χ1) is 11.4. The number of rotatable bonds is 3. The molecular weight excluding hydrogens is 284 g/mol. The van der Waals surface area contributed by atoms with Crippen molar-refractivity contribution in [2.24, 2.45) is 4.99 Å². The zero-order valence-corrected chi connectivity index (χ0v) is 12.8. The Hall–Kier alpha value is -2.81. The van der Waals surface area contributed by atoms with Gasteiger partial charge in [0, 0.05) is 5.70 Å². The first-order valence-corrected chi connectivity index (χ1v) is 7.85. The smallest absolute Gasteiger partial charge is 0.219 e. The Morgan fingerprint density at radius 2 is 1.70 bits per heavy atom. The molecule has 1 atom stereocenters. The van der Waals surface area contributed by atoms with Crippen molar-refractivity contribution in [3.63, 3.8) is 0 Å². The minimum atomic E-state index is -0.544. The maximum Gasteiger partial charge on any atom is 0.219 e. The predicted octanol–water partition coefficient (Wildman–Crippen LogP) is 3.51. The fourth-order valence-electron chi connectivity index (χ4n) is 3.06. The van der Waals surface area contributed by atoms with E-state index in [-0.39, 0.29) is 0 Å². The second-order valence-corrected chi connectivity index (χ2v) is 5.64. The molecule has 0 amide bonds. The van der Waals surface area contributed by atoms with Crippen molar-refractivity contribution >= 4 is 11.6 Å². The van der Waals surface area contributed by atoms with Crippen molar-refractivity contribution in [3.05, 3.63) is 90.0 Å². The second-order valence-electron chi connectivity index (χ2n) is 5.64. The lowest BCUT2D eigenvalue weighted by molar-refractivity contribution is 0.315. The van der Waals surface area contributed by atoms with Gasteiger partial charge in [-0.2, -0.15) is 0 Å². The summed E-state index contributed by atoms with van der Waals surface area (Å²) in [4.78, 5) is 4.59. The lowest BCUT2D eigenvalue weighted by atomic mass is 9.86. The van der Waals surface area contributed by atoms with Gasteiger partial charge in [-0.3, -0.25) is 0 Å². The van der Waals surface area contributed by atoms with E-state index in [1.807, 2.05) is 36.4 Å². The Kier molecular flexibility index (Phi) is 3.46. The van der Waals surface area contributed by atoms with Crippen molar-refractivity contribution in [3.8, 4) is 0 Å². The van der Waals surface area contributed by atoms with E-state index < -0.39 is 5.54 Å². The van der Waals surface area contributed by atoms with Crippen LogP contribution in [-0.2, 0) is 10.3 Å². The van der Waals surface area contributed by atoms with Gasteiger partial charge in [-0.25, -0.2) is 4.99 Å². The second kappa shape index (κ2) is 5.76. The number of ether oxygens (including phenoxy) is 1. The highest BCUT2D eigenvalue weighted by molar-refractivity contribution is 5.93. The molecule has 2 aliphatic heterocycles. The van der Waals surface area contributed by atoms with Crippen LogP contribution in [0.25, 0.3) is 5.70 Å². The Labute approximate surface area is 136 Å². The molecule has 2 aromatic carbocycles. The van der Waals surface area contributed by atoms with Crippen LogP contribution in [0.15, 0.2) is 83.9 Å². The lowest BCUT2D eigenvalue weighted by Crippen LogP contribution is -2.48. The van der Waals surface area contributed by atoms with Crippen molar-refractivity contribution in [2.45, 2.75) is 5.54 Å². The molecule has 114 valence electrons. The van der Waals surface area contributed by atoms with Gasteiger partial charge < -0.3 is 10.1 Å². The summed E-state index contributed by atoms with van der Waals surface area (Å²) in [6.07, 6.45) is 6.29. The minimum Gasteiger partial charge on any atom is -0.477 e. The third-order valence-electron chi connectivity index (χ3n) is 4.18. The third-order valence-corrected chi connectivity index (χ3v) is 4.18. The molecule has 0 aromatic heterocycles. The number of nitrogens with zero attached hydrogens (tertiary/aromatic N) is 1. The van der Waals surface area contributed by atoms with Crippen molar-refractivity contribution < 1.29 is 4.74 Å². The molecule has 0 aliphatic carbocycles. The number of benzene rings is 2. The molecular formula is C20H18N2O. The van der Waals surface area contributed by atoms with Crippen LogP contribution in [0.4, 0.5) is 0 Å². The van der Waals surface area contributed by atoms with Gasteiger partial charge in [0.05, 0.1) is 6.54 Å². The zero-order chi connectivity index (χ0) is 15.5. The van der Waals surface area contributed by atoms with E-state index in [1.54, 1.807) is 0 Å². The number of allylic oxidation sites excluding steroid dienone is 2. The van der Waals surface area contributed by atoms with Crippen LogP contribution in [-0.4, -0.2) is 19.0 Å². The summed E-state index contributed by atoms with van der Waals surface area (Å²) in [7, 11) is 0. The summed E-state index contributed by atoms with van der Waals surface area (Å²) >= 11 is 0. The standard InChI is InChI=1S/C20H18N2O/c1-3-8-16(9-4-1)18-12-7-13-20(22-18,19-21-14-15-23-19)17-10-5-2-6-11-17/h1-13,22H,14-15H2/t20-/m1/s1. The first-order valence-electron chi connectivity index (χ1n) is 7.85. The molecule has 0 fully saturated rings. The predicted molar refractivity (Wildman–Crippen MR) is 93.1 cm³/mol. The number of nitrogens with one attached hydrogen (secondary N) is 1. The number of dihydropyridines is 1. The van der Waals surface area contributed by atoms with Gasteiger partial charge in [0.1, 0.15) is 6.61 Å². The minimum absolute atomic E-state index is 0.544. The molecule has 0 unspecified atom stereocenters. The third kappa shape index (κ3) is 2.44. The molecule has 1 N–H and O–H groups in total. The van der Waals surface area contributed by atoms with Gasteiger partial charge in [-0.15, -0.1) is 0 Å². The molecule has 0 radical (unpaired) electrons. The SMILES string of the molecule is C1=C[C@](C2=NCCO2)(c2ccccc2)NC(c2ccccc2)=C1. The molecule has 2 heterocycles. The summed E-state index contributed by atoms with van der Waals surface area (Å²) < 4.78 is 5.84. The molecule has 3 nitrogen and oxygen atoms in total. The molecule has 4 rings (SSSR count). The van der Waals surface area contributed by atoms with Crippen molar-refractivity contribution in [1.29, 1.82) is 0 Å². The van der Waals surface area contributed by atoms with E-state index in [2.05, 4.69) is 52.8 Å². The van der Waals surface area contributed by atoms with Gasteiger partial charge in [0.25, 0.3) is 0 Å². The Balaban J connectivity index is 1.79. The maximum atomic E-state index is 5.84. The Morgan fingerprint density at radius 3 is 2.39 bits per heavy atom. The lowest BCUT2D eigenvalue weighted by Gasteiger charge is -2.35. The van der Waals surface area contributed by atoms with Crippen LogP contribution >= 0.6 is 0 Å². The highest BCUT2D eigenvalue weighted by atomic mass is 16.5. The summed E-state index contributed by atoms with van der Waals surface area (Å²) in [6, 6.07) is 20.6. The molecule has 0 spiro atoms. The fraction of sp³-hybridized carbons (Fsp3) is 0.150. The molecule has 2 aromatic rings. The summed E-state index contributed by atoms with van der Waals surface area (Å²) in [5.41, 5.74) is 2.79. The Morgan fingerprint density at radius 1 is 0.957 bits per heavy atom. The van der Waals surface area contributed by atoms with Crippen LogP contribution in [0.3, 0.4) is 0 Å². The van der Waals surface area contributed by atoms with E-state index in [1.165, 1.54) is 0 Å². The maximum absolute atomic E-state index is 5.84. The highest BCUT2D eigenvalue weighted by Crippen LogP contribution is 2.33. The van der Waals surface area contributed by atoms with E-state index in [0.717, 1.165) is 22.7 Å². The Bertz CT molecular complexity index is 778. The van der Waals surface area contributed by atoms with E-state index >= 15 is 0 Å². The number of aliphatic imine (C=N–C) groups is 1. The molecule has 2 aliphatic rings. The van der Waals surface area contributed by atoms with Gasteiger partial charge in [-0.05, 0) is 23.3 Å². The molecule has 0 saturated carbocycles. The van der Waals surface area contributed by atoms with Crippen molar-refractivity contribution in [2.75, 3.05) is 13.2 Å². The zero-order valence-electron chi connectivity index (χ0n) is 12.8. The van der Waals surface area contributed by atoms with Crippen LogP contribution < -0.4 is 5.32 Å². The van der Waals surface area contributed by atoms with Crippen LogP contribution in [0.1, 0.15) is 11.1 Å². The normalized spacial score (nSPS) is 22.8. The molecule has 0 saturated heterocycles. The quantitative estimate of drug-likeness (QED) is 0.941. The number of hydrogen-bond donors (Lipinski definition) is 1. The van der Waals surface area contributed by atoms with Gasteiger partial charge in [0.15, 0.2) is 5.54 Å². The first kappa shape index (κ1) is 13.8. The summed E-state index contributed by atoms with van der Waals surface area (Å²) in [5.74, 6) is 0.737. The fourth-order valence-corrected chi connectivity index (χ4v) is 3.06. The highest BCUT2D eigenvalue weighted by Gasteiger charge is 2.40. The summed E-state index contributed by atoms with van der Waals surface area (Å²) in [5, 5.41) is 3.66. The average Bonchev–Trinajstić information content (AvgIpc) is 3.18. The molecule has 3 heteroatoms. The van der Waals surface area contributed by atoms with E-state index in [9.17, 15) is 0 Å². The van der Waals surface area contributed by atoms with Gasteiger partial charge in [0.2, 0.25) is 5.90 Å². The molecule has 0 bridgehead atoms. The van der Waals surface area contributed by atoms with Crippen LogP contribution in [0, 0.1) is 0 Å². The van der Waals surface area contributed by atoms with Crippen LogP contribution in [0.5, 0.6) is 0 Å². The monoisotopic (exact) mass is 302 g/mol. The molecule has 23 heavy (non-hydrogen) atoms.